The molecule has 1 aromatic carbocycles. The van der Waals surface area contributed by atoms with Crippen molar-refractivity contribution in [2.24, 2.45) is 0 Å². The molecular weight excluding hydrogens is 223 g/mol. The SMILES string of the molecule is CC1(C)COB(c2ccc([N+](=O)[O-])cc2N)O1. The van der Waals surface area contributed by atoms with Crippen molar-refractivity contribution in [3.63, 3.8) is 0 Å². The quantitative estimate of drug-likeness (QED) is 0.353. The van der Waals surface area contributed by atoms with Crippen LogP contribution in [0.4, 0.5) is 11.4 Å². The molecule has 0 spiro atoms. The zero-order chi connectivity index (χ0) is 12.6. The van der Waals surface area contributed by atoms with E-state index in [1.54, 1.807) is 6.07 Å². The number of hydrogen-bond acceptors (Lipinski definition) is 5. The summed E-state index contributed by atoms with van der Waals surface area (Å²) in [5.74, 6) is 0. The number of nitrogens with two attached hydrogens (primary N) is 1. The first-order valence-electron chi connectivity index (χ1n) is 5.22. The Labute approximate surface area is 99.0 Å². The van der Waals surface area contributed by atoms with Crippen molar-refractivity contribution in [2.45, 2.75) is 19.4 Å². The molecule has 0 bridgehead atoms. The molecule has 0 aromatic heterocycles. The average molecular weight is 236 g/mol. The predicted octanol–water partition coefficient (Wildman–Crippen LogP) is 0.698. The van der Waals surface area contributed by atoms with E-state index in [0.29, 0.717) is 17.8 Å². The van der Waals surface area contributed by atoms with Gasteiger partial charge in [-0.1, -0.05) is 6.07 Å². The van der Waals surface area contributed by atoms with Crippen molar-refractivity contribution in [2.75, 3.05) is 12.3 Å². The van der Waals surface area contributed by atoms with E-state index in [4.69, 9.17) is 15.0 Å². The molecule has 7 heteroatoms. The number of nitrogen functional groups attached to an aromatic ring is 1. The van der Waals surface area contributed by atoms with Crippen LogP contribution in [-0.4, -0.2) is 24.2 Å². The Kier molecular flexibility index (Phi) is 2.80. The molecular formula is C10H13BN2O4. The number of non-ortho nitro benzene ring substituents is 1. The Hall–Kier alpha value is -1.60. The highest BCUT2D eigenvalue weighted by Crippen LogP contribution is 2.22. The molecule has 1 aliphatic heterocycles. The molecule has 0 amide bonds. The van der Waals surface area contributed by atoms with Crippen LogP contribution in [-0.2, 0) is 9.31 Å². The van der Waals surface area contributed by atoms with Gasteiger partial charge in [0.05, 0.1) is 17.1 Å². The van der Waals surface area contributed by atoms with Crippen LogP contribution in [0.15, 0.2) is 18.2 Å². The van der Waals surface area contributed by atoms with Gasteiger partial charge in [0.25, 0.3) is 5.69 Å². The maximum absolute atomic E-state index is 10.6. The van der Waals surface area contributed by atoms with Crippen LogP contribution in [0, 0.1) is 10.1 Å². The van der Waals surface area contributed by atoms with Crippen molar-refractivity contribution in [1.29, 1.82) is 0 Å². The maximum atomic E-state index is 10.6. The molecule has 1 fully saturated rings. The molecule has 0 atom stereocenters. The van der Waals surface area contributed by atoms with E-state index in [2.05, 4.69) is 0 Å². The van der Waals surface area contributed by atoms with E-state index in [9.17, 15) is 10.1 Å². The lowest BCUT2D eigenvalue weighted by atomic mass is 9.78. The zero-order valence-electron chi connectivity index (χ0n) is 9.67. The van der Waals surface area contributed by atoms with E-state index in [0.717, 1.165) is 0 Å². The first-order chi connectivity index (χ1) is 7.89. The van der Waals surface area contributed by atoms with E-state index >= 15 is 0 Å². The summed E-state index contributed by atoms with van der Waals surface area (Å²) in [6, 6.07) is 4.27. The van der Waals surface area contributed by atoms with Gasteiger partial charge in [0.1, 0.15) is 0 Å². The summed E-state index contributed by atoms with van der Waals surface area (Å²) in [5.41, 5.74) is 6.30. The number of nitrogens with zero attached hydrogens (tertiary/aromatic N) is 1. The highest BCUT2D eigenvalue weighted by Gasteiger charge is 2.39. The largest absolute Gasteiger partial charge is 0.496 e. The van der Waals surface area contributed by atoms with Gasteiger partial charge in [-0.25, -0.2) is 0 Å². The van der Waals surface area contributed by atoms with E-state index < -0.39 is 12.0 Å². The minimum Gasteiger partial charge on any atom is -0.404 e. The third kappa shape index (κ3) is 2.40. The van der Waals surface area contributed by atoms with Crippen molar-refractivity contribution in [3.8, 4) is 0 Å². The molecule has 1 aromatic rings. The molecule has 2 rings (SSSR count). The van der Waals surface area contributed by atoms with Crippen molar-refractivity contribution >= 4 is 24.0 Å². The summed E-state index contributed by atoms with van der Waals surface area (Å²) < 4.78 is 11.1. The minimum absolute atomic E-state index is 0.0384. The van der Waals surface area contributed by atoms with Crippen LogP contribution in [0.3, 0.4) is 0 Å². The molecule has 2 N–H and O–H groups in total. The maximum Gasteiger partial charge on any atom is 0.496 e. The first kappa shape index (κ1) is 11.9. The van der Waals surface area contributed by atoms with Gasteiger partial charge in [-0.2, -0.15) is 0 Å². The lowest BCUT2D eigenvalue weighted by Gasteiger charge is -2.15. The zero-order valence-corrected chi connectivity index (χ0v) is 9.67. The topological polar surface area (TPSA) is 87.6 Å². The van der Waals surface area contributed by atoms with Gasteiger partial charge in [-0.15, -0.1) is 0 Å². The average Bonchev–Trinajstić information content (AvgIpc) is 2.58. The minimum atomic E-state index is -0.550. The number of hydrogen-bond donors (Lipinski definition) is 1. The Balaban J connectivity index is 2.26. The van der Waals surface area contributed by atoms with Gasteiger partial charge in [0.2, 0.25) is 0 Å². The lowest BCUT2D eigenvalue weighted by molar-refractivity contribution is -0.384. The third-order valence-electron chi connectivity index (χ3n) is 2.54. The number of benzene rings is 1. The van der Waals surface area contributed by atoms with Gasteiger partial charge in [0, 0.05) is 23.3 Å². The van der Waals surface area contributed by atoms with Crippen molar-refractivity contribution in [3.05, 3.63) is 28.3 Å². The molecule has 6 nitrogen and oxygen atoms in total. The molecule has 1 aliphatic rings. The van der Waals surface area contributed by atoms with Crippen molar-refractivity contribution in [1.82, 2.24) is 0 Å². The summed E-state index contributed by atoms with van der Waals surface area (Å²) in [5, 5.41) is 10.6. The van der Waals surface area contributed by atoms with Gasteiger partial charge in [-0.05, 0) is 13.8 Å². The lowest BCUT2D eigenvalue weighted by Crippen LogP contribution is -2.36. The molecule has 0 aliphatic carbocycles. The highest BCUT2D eigenvalue weighted by molar-refractivity contribution is 6.63. The standard InChI is InChI=1S/C10H13BN2O4/c1-10(2)6-16-11(17-10)8-4-3-7(13(14)15)5-9(8)12/h3-5H,6,12H2,1-2H3. The summed E-state index contributed by atoms with van der Waals surface area (Å²) in [6.45, 7) is 4.29. The Morgan fingerprint density at radius 3 is 2.71 bits per heavy atom. The number of rotatable bonds is 2. The highest BCUT2D eigenvalue weighted by atomic mass is 16.7. The summed E-state index contributed by atoms with van der Waals surface area (Å²) in [7, 11) is -0.550. The molecule has 0 unspecified atom stereocenters. The smallest absolute Gasteiger partial charge is 0.404 e. The monoisotopic (exact) mass is 236 g/mol. The Bertz CT molecular complexity index is 464. The van der Waals surface area contributed by atoms with Crippen LogP contribution in [0.25, 0.3) is 0 Å². The number of anilines is 1. The molecule has 1 saturated heterocycles. The van der Waals surface area contributed by atoms with Crippen LogP contribution in [0.2, 0.25) is 0 Å². The van der Waals surface area contributed by atoms with Crippen LogP contribution in [0.5, 0.6) is 0 Å². The predicted molar refractivity (Wildman–Crippen MR) is 64.0 cm³/mol. The second kappa shape index (κ2) is 4.01. The summed E-state index contributed by atoms with van der Waals surface area (Å²) in [4.78, 5) is 10.1. The normalized spacial score (nSPS) is 18.4. The number of nitro groups is 1. The molecule has 17 heavy (non-hydrogen) atoms. The fraction of sp³-hybridized carbons (Fsp3) is 0.400. The molecule has 0 saturated carbocycles. The first-order valence-corrected chi connectivity index (χ1v) is 5.22. The fourth-order valence-corrected chi connectivity index (χ4v) is 1.68. The molecule has 0 radical (unpaired) electrons. The van der Waals surface area contributed by atoms with Crippen LogP contribution < -0.4 is 11.2 Å². The van der Waals surface area contributed by atoms with Gasteiger partial charge < -0.3 is 15.0 Å². The summed E-state index contributed by atoms with van der Waals surface area (Å²) >= 11 is 0. The van der Waals surface area contributed by atoms with Gasteiger partial charge in [0.15, 0.2) is 0 Å². The van der Waals surface area contributed by atoms with Crippen LogP contribution in [0.1, 0.15) is 13.8 Å². The van der Waals surface area contributed by atoms with E-state index in [1.165, 1.54) is 12.1 Å². The van der Waals surface area contributed by atoms with Crippen molar-refractivity contribution < 1.29 is 14.2 Å². The second-order valence-electron chi connectivity index (χ2n) is 4.59. The summed E-state index contributed by atoms with van der Waals surface area (Å²) in [6.07, 6.45) is 0. The molecule has 90 valence electrons. The van der Waals surface area contributed by atoms with E-state index in [1.807, 2.05) is 13.8 Å². The second-order valence-corrected chi connectivity index (χ2v) is 4.59. The van der Waals surface area contributed by atoms with Crippen LogP contribution >= 0.6 is 0 Å². The Morgan fingerprint density at radius 2 is 2.24 bits per heavy atom. The Morgan fingerprint density at radius 1 is 1.53 bits per heavy atom. The molecule has 1 heterocycles. The fourth-order valence-electron chi connectivity index (χ4n) is 1.68. The van der Waals surface area contributed by atoms with Gasteiger partial charge >= 0.3 is 7.12 Å². The number of nitro benzene ring substituents is 1. The third-order valence-corrected chi connectivity index (χ3v) is 2.54. The van der Waals surface area contributed by atoms with Gasteiger partial charge in [-0.3, -0.25) is 10.1 Å². The van der Waals surface area contributed by atoms with E-state index in [-0.39, 0.29) is 11.3 Å².